The molecule has 0 aliphatic rings. The van der Waals surface area contributed by atoms with Crippen molar-refractivity contribution in [3.63, 3.8) is 0 Å². The fraction of sp³-hybridized carbons (Fsp3) is 0.800. The van der Waals surface area contributed by atoms with E-state index in [1.807, 2.05) is 13.8 Å². The molecule has 0 fully saturated rings. The number of nitrogens with one attached hydrogen (secondary N) is 2. The molecule has 0 heterocycles. The van der Waals surface area contributed by atoms with Crippen LogP contribution in [0.3, 0.4) is 0 Å². The molecule has 0 atom stereocenters. The van der Waals surface area contributed by atoms with Gasteiger partial charge in [-0.1, -0.05) is 13.8 Å². The average molecular weight is 132 g/mol. The van der Waals surface area contributed by atoms with Gasteiger partial charge in [0.05, 0.1) is 6.54 Å². The molecule has 1 amide bonds. The van der Waals surface area contributed by atoms with Crippen molar-refractivity contribution in [3.05, 3.63) is 0 Å². The second-order valence-corrected chi connectivity index (χ2v) is 2.07. The highest BCUT2D eigenvalue weighted by Crippen LogP contribution is 1.72. The van der Waals surface area contributed by atoms with Crippen molar-refractivity contribution in [1.29, 1.82) is 0 Å². The van der Waals surface area contributed by atoms with Crippen molar-refractivity contribution >= 4 is 5.91 Å². The van der Waals surface area contributed by atoms with E-state index in [2.05, 4.69) is 5.32 Å². The minimum Gasteiger partial charge on any atom is -0.306 e. The largest absolute Gasteiger partial charge is 0.306 e. The molecule has 9 heavy (non-hydrogen) atoms. The van der Waals surface area contributed by atoms with Crippen LogP contribution < -0.4 is 10.8 Å². The van der Waals surface area contributed by atoms with Crippen LogP contribution in [0.25, 0.3) is 0 Å². The van der Waals surface area contributed by atoms with Crippen molar-refractivity contribution in [2.24, 2.45) is 0 Å². The quantitative estimate of drug-likeness (QED) is 0.358. The van der Waals surface area contributed by atoms with Gasteiger partial charge in [0.1, 0.15) is 0 Å². The molecular formula is C5H12N2O2. The zero-order valence-corrected chi connectivity index (χ0v) is 5.64. The van der Waals surface area contributed by atoms with Crippen molar-refractivity contribution < 1.29 is 10.0 Å². The lowest BCUT2D eigenvalue weighted by molar-refractivity contribution is -0.128. The molecule has 0 aromatic carbocycles. The molecule has 0 unspecified atom stereocenters. The average Bonchev–Trinajstić information content (AvgIpc) is 1.83. The topological polar surface area (TPSA) is 61.4 Å². The first kappa shape index (κ1) is 8.39. The molecule has 0 aliphatic heterocycles. The molecule has 0 saturated carbocycles. The maximum Gasteiger partial charge on any atom is 0.257 e. The Morgan fingerprint density at radius 1 is 1.67 bits per heavy atom. The maximum absolute atomic E-state index is 10.3. The second kappa shape index (κ2) is 4.29. The number of carbonyl (C=O) groups is 1. The molecule has 0 saturated heterocycles. The predicted octanol–water partition coefficient (Wildman–Crippen LogP) is -0.510. The van der Waals surface area contributed by atoms with Crippen molar-refractivity contribution in [2.75, 3.05) is 6.54 Å². The number of carbonyl (C=O) groups excluding carboxylic acids is 1. The Bertz CT molecular complexity index is 93.0. The maximum atomic E-state index is 10.3. The van der Waals surface area contributed by atoms with Gasteiger partial charge in [0.2, 0.25) is 0 Å². The van der Waals surface area contributed by atoms with Gasteiger partial charge in [0.15, 0.2) is 0 Å². The van der Waals surface area contributed by atoms with Gasteiger partial charge in [-0.3, -0.25) is 10.0 Å². The zero-order valence-electron chi connectivity index (χ0n) is 5.64. The summed E-state index contributed by atoms with van der Waals surface area (Å²) in [6.45, 7) is 4.00. The fourth-order valence-electron chi connectivity index (χ4n) is 0.336. The third kappa shape index (κ3) is 5.26. The van der Waals surface area contributed by atoms with Crippen LogP contribution in [0.5, 0.6) is 0 Å². The first-order valence-corrected chi connectivity index (χ1v) is 2.83. The molecule has 3 N–H and O–H groups in total. The van der Waals surface area contributed by atoms with Gasteiger partial charge in [-0.25, -0.2) is 5.48 Å². The van der Waals surface area contributed by atoms with E-state index in [0.717, 1.165) is 0 Å². The molecule has 0 bridgehead atoms. The number of hydroxylamine groups is 1. The second-order valence-electron chi connectivity index (χ2n) is 2.07. The van der Waals surface area contributed by atoms with Gasteiger partial charge in [-0.15, -0.1) is 0 Å². The first-order chi connectivity index (χ1) is 4.16. The van der Waals surface area contributed by atoms with Crippen LogP contribution in [0.1, 0.15) is 13.8 Å². The van der Waals surface area contributed by atoms with E-state index in [0.29, 0.717) is 0 Å². The molecule has 4 heteroatoms. The van der Waals surface area contributed by atoms with E-state index in [1.54, 1.807) is 0 Å². The van der Waals surface area contributed by atoms with Gasteiger partial charge >= 0.3 is 0 Å². The molecule has 0 rings (SSSR count). The summed E-state index contributed by atoms with van der Waals surface area (Å²) in [6, 6.07) is 0.266. The van der Waals surface area contributed by atoms with E-state index in [1.165, 1.54) is 5.48 Å². The van der Waals surface area contributed by atoms with Crippen molar-refractivity contribution in [1.82, 2.24) is 10.8 Å². The molecule has 54 valence electrons. The van der Waals surface area contributed by atoms with Crippen LogP contribution in [0.2, 0.25) is 0 Å². The normalized spacial score (nSPS) is 9.78. The monoisotopic (exact) mass is 132 g/mol. The van der Waals surface area contributed by atoms with E-state index < -0.39 is 5.91 Å². The summed E-state index contributed by atoms with van der Waals surface area (Å²) in [5.41, 5.74) is 1.52. The van der Waals surface area contributed by atoms with E-state index in [4.69, 9.17) is 5.21 Å². The lowest BCUT2D eigenvalue weighted by Gasteiger charge is -2.04. The summed E-state index contributed by atoms with van der Waals surface area (Å²) in [5.74, 6) is -0.413. The SMILES string of the molecule is CC(C)NCC(=O)NO. The minimum absolute atomic E-state index is 0.161. The van der Waals surface area contributed by atoms with Gasteiger partial charge in [0, 0.05) is 6.04 Å². The van der Waals surface area contributed by atoms with Crippen LogP contribution in [0, 0.1) is 0 Å². The number of hydrogen-bond acceptors (Lipinski definition) is 3. The zero-order chi connectivity index (χ0) is 7.28. The lowest BCUT2D eigenvalue weighted by atomic mass is 10.4. The van der Waals surface area contributed by atoms with Crippen molar-refractivity contribution in [3.8, 4) is 0 Å². The summed E-state index contributed by atoms with van der Waals surface area (Å²) in [5, 5.41) is 10.8. The Morgan fingerprint density at radius 3 is 2.56 bits per heavy atom. The third-order valence-electron chi connectivity index (χ3n) is 0.796. The van der Waals surface area contributed by atoms with Crippen LogP contribution in [0.15, 0.2) is 0 Å². The van der Waals surface area contributed by atoms with Crippen molar-refractivity contribution in [2.45, 2.75) is 19.9 Å². The van der Waals surface area contributed by atoms with Gasteiger partial charge < -0.3 is 5.32 Å². The molecule has 0 radical (unpaired) electrons. The molecule has 0 aliphatic carbocycles. The third-order valence-corrected chi connectivity index (χ3v) is 0.796. The number of hydrogen-bond donors (Lipinski definition) is 3. The summed E-state index contributed by atoms with van der Waals surface area (Å²) in [4.78, 5) is 10.3. The Hall–Kier alpha value is -0.610. The molecule has 0 spiro atoms. The molecule has 4 nitrogen and oxygen atoms in total. The highest BCUT2D eigenvalue weighted by molar-refractivity contribution is 5.76. The lowest BCUT2D eigenvalue weighted by Crippen LogP contribution is -2.35. The first-order valence-electron chi connectivity index (χ1n) is 2.83. The van der Waals surface area contributed by atoms with Gasteiger partial charge in [-0.2, -0.15) is 0 Å². The van der Waals surface area contributed by atoms with Crippen LogP contribution in [-0.4, -0.2) is 23.7 Å². The van der Waals surface area contributed by atoms with Crippen LogP contribution in [0.4, 0.5) is 0 Å². The Balaban J connectivity index is 3.17. The molecular weight excluding hydrogens is 120 g/mol. The number of rotatable bonds is 3. The Morgan fingerprint density at radius 2 is 2.22 bits per heavy atom. The Kier molecular flexibility index (Phi) is 4.00. The smallest absolute Gasteiger partial charge is 0.257 e. The standard InChI is InChI=1S/C5H12N2O2/c1-4(2)6-3-5(8)7-9/h4,6,9H,3H2,1-2H3,(H,7,8). The Labute approximate surface area is 54.2 Å². The summed E-state index contributed by atoms with van der Waals surface area (Å²) >= 11 is 0. The van der Waals surface area contributed by atoms with Crippen LogP contribution >= 0.6 is 0 Å². The minimum atomic E-state index is -0.413. The van der Waals surface area contributed by atoms with E-state index in [-0.39, 0.29) is 12.6 Å². The highest BCUT2D eigenvalue weighted by Gasteiger charge is 1.97. The highest BCUT2D eigenvalue weighted by atomic mass is 16.5. The van der Waals surface area contributed by atoms with Gasteiger partial charge in [0.25, 0.3) is 5.91 Å². The summed E-state index contributed by atoms with van der Waals surface area (Å²) in [6.07, 6.45) is 0. The van der Waals surface area contributed by atoms with E-state index >= 15 is 0 Å². The summed E-state index contributed by atoms with van der Waals surface area (Å²) in [7, 11) is 0. The fourth-order valence-corrected chi connectivity index (χ4v) is 0.336. The van der Waals surface area contributed by atoms with Gasteiger partial charge in [-0.05, 0) is 0 Å². The predicted molar refractivity (Wildman–Crippen MR) is 33.1 cm³/mol. The van der Waals surface area contributed by atoms with Crippen LogP contribution in [-0.2, 0) is 4.79 Å². The molecule has 0 aromatic heterocycles. The van der Waals surface area contributed by atoms with E-state index in [9.17, 15) is 4.79 Å². The molecule has 0 aromatic rings. The summed E-state index contributed by atoms with van der Waals surface area (Å²) < 4.78 is 0. The number of amides is 1.